The Bertz CT molecular complexity index is 134. The molecule has 0 aliphatic rings. The second kappa shape index (κ2) is 9.61. The van der Waals surface area contributed by atoms with Gasteiger partial charge in [0.2, 0.25) is 0 Å². The van der Waals surface area contributed by atoms with Crippen LogP contribution in [-0.4, -0.2) is 0 Å². The first-order chi connectivity index (χ1) is 4.00. The third-order valence-corrected chi connectivity index (χ3v) is 0. The van der Waals surface area contributed by atoms with Gasteiger partial charge in [0, 0.05) is 0 Å². The molecule has 0 aromatic carbocycles. The third-order valence-electron chi connectivity index (χ3n) is 0. The van der Waals surface area contributed by atoms with Crippen molar-refractivity contribution in [1.82, 2.24) is 0 Å². The van der Waals surface area contributed by atoms with E-state index in [-0.39, 0.29) is 9.41 Å². The Morgan fingerprint density at radius 1 is 0.583 bits per heavy atom. The van der Waals surface area contributed by atoms with Crippen molar-refractivity contribution in [2.24, 2.45) is 0 Å². The van der Waals surface area contributed by atoms with Crippen LogP contribution in [0.1, 0.15) is 0 Å². The van der Waals surface area contributed by atoms with Crippen molar-refractivity contribution in [2.45, 2.75) is 0 Å². The molecule has 0 heterocycles. The van der Waals surface area contributed by atoms with Crippen LogP contribution in [0.25, 0.3) is 0 Å². The SMILES string of the molecule is F.F.O=P(Cl)(Cl)Cl.O=P(Cl)(Cl)Cl. The zero-order valence-corrected chi connectivity index (χ0v) is 11.1. The molecule has 0 atom stereocenters. The van der Waals surface area contributed by atoms with E-state index in [4.69, 9.17) is 0 Å². The standard InChI is InChI=1S/2Cl3OP.2FH/c2*1-5(2,3)4;;/h;;2*1H. The topological polar surface area (TPSA) is 34.1 Å². The molecule has 2 nitrogen and oxygen atoms in total. The monoisotopic (exact) mass is 344 g/mol. The molecule has 12 heavy (non-hydrogen) atoms. The van der Waals surface area contributed by atoms with Gasteiger partial charge in [-0.15, -0.1) is 0 Å². The summed E-state index contributed by atoms with van der Waals surface area (Å²) in [7, 11) is 0. The van der Waals surface area contributed by atoms with Crippen LogP contribution in [0.15, 0.2) is 0 Å². The molecule has 12 heteroatoms. The molecule has 0 bridgehead atoms. The lowest BCUT2D eigenvalue weighted by Gasteiger charge is -1.74. The van der Waals surface area contributed by atoms with E-state index in [1.807, 2.05) is 0 Å². The second-order valence-electron chi connectivity index (χ2n) is 0.797. The minimum Gasteiger partial charge on any atom is -0.271 e. The largest absolute Gasteiger partial charge is 0.339 e. The number of hydrogen-bond acceptors (Lipinski definition) is 2. The smallest absolute Gasteiger partial charge is 0.271 e. The second-order valence-corrected chi connectivity index (χ2v) is 14.1. The Morgan fingerprint density at radius 3 is 0.583 bits per heavy atom. The highest BCUT2D eigenvalue weighted by Crippen LogP contribution is 2.61. The Kier molecular flexibility index (Phi) is 19.0. The first-order valence-corrected chi connectivity index (χ1v) is 10.2. The lowest BCUT2D eigenvalue weighted by atomic mass is 16.0. The van der Waals surface area contributed by atoms with Crippen molar-refractivity contribution in [3.8, 4) is 0 Å². The van der Waals surface area contributed by atoms with Gasteiger partial charge in [-0.2, -0.15) is 0 Å². The summed E-state index contributed by atoms with van der Waals surface area (Å²) in [6.45, 7) is 0. The first-order valence-electron chi connectivity index (χ1n) is 1.38. The third kappa shape index (κ3) is 348. The van der Waals surface area contributed by atoms with E-state index in [1.165, 1.54) is 0 Å². The summed E-state index contributed by atoms with van der Waals surface area (Å²) in [5.41, 5.74) is 0. The predicted molar refractivity (Wildman–Crippen MR) is 55.3 cm³/mol. The minimum absolute atomic E-state index is 0. The van der Waals surface area contributed by atoms with Gasteiger partial charge in [0.15, 0.2) is 0 Å². The van der Waals surface area contributed by atoms with Crippen LogP contribution in [0.3, 0.4) is 0 Å². The van der Waals surface area contributed by atoms with Crippen molar-refractivity contribution in [1.29, 1.82) is 0 Å². The fourth-order valence-corrected chi connectivity index (χ4v) is 0. The van der Waals surface area contributed by atoms with E-state index < -0.39 is 10.4 Å². The van der Waals surface area contributed by atoms with E-state index in [0.717, 1.165) is 0 Å². The molecule has 0 rings (SSSR count). The van der Waals surface area contributed by atoms with Gasteiger partial charge in [-0.1, -0.05) is 0 Å². The van der Waals surface area contributed by atoms with Gasteiger partial charge in [-0.25, -0.2) is 0 Å². The Hall–Kier alpha value is 2.06. The van der Waals surface area contributed by atoms with Gasteiger partial charge in [0.1, 0.15) is 0 Å². The maximum atomic E-state index is 9.51. The van der Waals surface area contributed by atoms with E-state index >= 15 is 0 Å². The lowest BCUT2D eigenvalue weighted by Crippen LogP contribution is -1.19. The molecule has 0 aromatic rings. The quantitative estimate of drug-likeness (QED) is 0.510. The maximum Gasteiger partial charge on any atom is 0.339 e. The molecule has 0 fully saturated rings. The molecule has 0 radical (unpaired) electrons. The molecule has 0 aromatic heterocycles. The van der Waals surface area contributed by atoms with Crippen molar-refractivity contribution in [2.75, 3.05) is 0 Å². The molecule has 0 aliphatic heterocycles. The summed E-state index contributed by atoms with van der Waals surface area (Å²) in [5, 5.41) is -6.44. The summed E-state index contributed by atoms with van der Waals surface area (Å²) in [5.74, 6) is 0. The Balaban J connectivity index is -0.0000000457. The summed E-state index contributed by atoms with van der Waals surface area (Å²) >= 11 is 27.7. The molecule has 80 valence electrons. The predicted octanol–water partition coefficient (Wildman–Crippen LogP) is 5.93. The van der Waals surface area contributed by atoms with Crippen LogP contribution in [0.2, 0.25) is 0 Å². The highest BCUT2D eigenvalue weighted by Gasteiger charge is 2.03. The average molecular weight is 347 g/mol. The average Bonchev–Trinajstić information content (AvgIpc) is 1.12. The zero-order chi connectivity index (χ0) is 9.00. The lowest BCUT2D eigenvalue weighted by molar-refractivity contribution is 0.599. The van der Waals surface area contributed by atoms with Crippen LogP contribution < -0.4 is 0 Å². The Labute approximate surface area is 96.0 Å². The number of rotatable bonds is 0. The Morgan fingerprint density at radius 2 is 0.583 bits per heavy atom. The van der Waals surface area contributed by atoms with E-state index in [2.05, 4.69) is 67.4 Å². The number of hydrogen-bond donors (Lipinski definition) is 0. The van der Waals surface area contributed by atoms with Crippen molar-refractivity contribution >= 4 is 77.8 Å². The fraction of sp³-hybridized carbons (Fsp3) is 0. The van der Waals surface area contributed by atoms with Gasteiger partial charge < -0.3 is 0 Å². The van der Waals surface area contributed by atoms with Crippen LogP contribution in [0.4, 0.5) is 9.41 Å². The van der Waals surface area contributed by atoms with E-state index in [1.54, 1.807) is 0 Å². The zero-order valence-electron chi connectivity index (χ0n) is 4.80. The molecule has 0 aliphatic carbocycles. The van der Waals surface area contributed by atoms with E-state index in [9.17, 15) is 9.13 Å². The van der Waals surface area contributed by atoms with Gasteiger partial charge in [-0.05, 0) is 67.4 Å². The molecular formula is H2Cl6F2O2P2. The molecule has 0 N–H and O–H groups in total. The number of halogens is 8. The van der Waals surface area contributed by atoms with Crippen LogP contribution in [0, 0.1) is 0 Å². The van der Waals surface area contributed by atoms with E-state index in [0.29, 0.717) is 0 Å². The van der Waals surface area contributed by atoms with Crippen LogP contribution in [0.5, 0.6) is 0 Å². The fourth-order valence-electron chi connectivity index (χ4n) is 0. The molecule has 0 saturated heterocycles. The first kappa shape index (κ1) is 23.7. The highest BCUT2D eigenvalue weighted by molar-refractivity contribution is 8.25. The molecule has 0 saturated carbocycles. The highest BCUT2D eigenvalue weighted by atomic mass is 36.1. The summed E-state index contributed by atoms with van der Waals surface area (Å²) in [4.78, 5) is 0. The van der Waals surface area contributed by atoms with Gasteiger partial charge in [-0.3, -0.25) is 18.5 Å². The van der Waals surface area contributed by atoms with Gasteiger partial charge in [0.25, 0.3) is 0 Å². The molecule has 0 amide bonds. The summed E-state index contributed by atoms with van der Waals surface area (Å²) in [6.07, 6.45) is 0. The van der Waals surface area contributed by atoms with Gasteiger partial charge in [0.05, 0.1) is 0 Å². The van der Waals surface area contributed by atoms with Crippen molar-refractivity contribution in [3.63, 3.8) is 0 Å². The van der Waals surface area contributed by atoms with Crippen molar-refractivity contribution in [3.05, 3.63) is 0 Å². The molecule has 0 spiro atoms. The summed E-state index contributed by atoms with van der Waals surface area (Å²) in [6, 6.07) is 0. The van der Waals surface area contributed by atoms with Crippen LogP contribution >= 0.6 is 77.8 Å². The van der Waals surface area contributed by atoms with Crippen LogP contribution in [-0.2, 0) is 9.13 Å². The normalized spacial score (nSPS) is 9.83. The molecule has 0 unspecified atom stereocenters. The summed E-state index contributed by atoms with van der Waals surface area (Å²) < 4.78 is 19.0. The van der Waals surface area contributed by atoms with Gasteiger partial charge >= 0.3 is 10.4 Å². The maximum absolute atomic E-state index is 9.51. The minimum atomic E-state index is -3.22. The van der Waals surface area contributed by atoms with Crippen molar-refractivity contribution < 1.29 is 18.5 Å². The molecular weight excluding hydrogens is 345 g/mol.